The number of benzene rings is 1. The van der Waals surface area contributed by atoms with Crippen LogP contribution in [-0.2, 0) is 11.3 Å². The molecule has 0 radical (unpaired) electrons. The normalized spacial score (nSPS) is 15.9. The van der Waals surface area contributed by atoms with Gasteiger partial charge in [0.15, 0.2) is 5.76 Å². The summed E-state index contributed by atoms with van der Waals surface area (Å²) in [6.07, 6.45) is 3.00. The number of carbonyl (C=O) groups is 2. The van der Waals surface area contributed by atoms with Crippen LogP contribution >= 0.6 is 0 Å². The van der Waals surface area contributed by atoms with Crippen molar-refractivity contribution in [2.45, 2.75) is 47.1 Å². The Hall–Kier alpha value is -2.67. The van der Waals surface area contributed by atoms with Crippen molar-refractivity contribution in [3.05, 3.63) is 59.8 Å². The molecule has 34 heavy (non-hydrogen) atoms. The zero-order valence-electron chi connectivity index (χ0n) is 20.9. The fraction of sp³-hybridized carbons (Fsp3) is 0.556. The zero-order valence-corrected chi connectivity index (χ0v) is 20.9. The molecule has 6 nitrogen and oxygen atoms in total. The van der Waals surface area contributed by atoms with E-state index in [4.69, 9.17) is 4.42 Å². The quantitative estimate of drug-likeness (QED) is 0.533. The molecule has 3 rings (SSSR count). The predicted octanol–water partition coefficient (Wildman–Crippen LogP) is 4.67. The molecule has 1 atom stereocenters. The third-order valence-electron chi connectivity index (χ3n) is 6.20. The molecule has 0 aliphatic carbocycles. The van der Waals surface area contributed by atoms with Gasteiger partial charge in [-0.1, -0.05) is 39.8 Å². The Morgan fingerprint density at radius 1 is 1.09 bits per heavy atom. The molecular formula is C27H38FN3O3. The first kappa shape index (κ1) is 25.9. The van der Waals surface area contributed by atoms with Crippen LogP contribution in [0.3, 0.4) is 0 Å². The fourth-order valence-electron chi connectivity index (χ4n) is 4.64. The van der Waals surface area contributed by atoms with E-state index in [1.807, 2.05) is 9.80 Å². The van der Waals surface area contributed by atoms with Gasteiger partial charge in [-0.25, -0.2) is 4.39 Å². The van der Waals surface area contributed by atoms with Gasteiger partial charge in [0, 0.05) is 52.2 Å². The number of hydrogen-bond acceptors (Lipinski definition) is 4. The monoisotopic (exact) mass is 471 g/mol. The van der Waals surface area contributed by atoms with E-state index in [0.717, 1.165) is 31.6 Å². The summed E-state index contributed by atoms with van der Waals surface area (Å²) in [7, 11) is 0. The molecule has 7 heteroatoms. The molecule has 0 saturated carbocycles. The zero-order chi connectivity index (χ0) is 24.7. The van der Waals surface area contributed by atoms with Crippen LogP contribution in [0.1, 0.15) is 56.7 Å². The lowest BCUT2D eigenvalue weighted by Gasteiger charge is -2.35. The molecule has 1 aliphatic rings. The number of nitrogens with zero attached hydrogens (tertiary/aromatic N) is 3. The second-order valence-electron chi connectivity index (χ2n) is 10.6. The third-order valence-corrected chi connectivity index (χ3v) is 6.20. The van der Waals surface area contributed by atoms with Crippen molar-refractivity contribution in [3.8, 4) is 0 Å². The van der Waals surface area contributed by atoms with Crippen LogP contribution in [0.4, 0.5) is 4.39 Å². The van der Waals surface area contributed by atoms with Gasteiger partial charge in [-0.15, -0.1) is 0 Å². The van der Waals surface area contributed by atoms with Crippen molar-refractivity contribution in [3.63, 3.8) is 0 Å². The Kier molecular flexibility index (Phi) is 8.89. The Balaban J connectivity index is 1.56. The van der Waals surface area contributed by atoms with E-state index < -0.39 is 0 Å². The summed E-state index contributed by atoms with van der Waals surface area (Å²) in [5, 5.41) is 0. The number of halogens is 1. The van der Waals surface area contributed by atoms with Crippen molar-refractivity contribution in [2.75, 3.05) is 39.3 Å². The van der Waals surface area contributed by atoms with Crippen LogP contribution in [0.2, 0.25) is 0 Å². The summed E-state index contributed by atoms with van der Waals surface area (Å²) in [6, 6.07) is 9.78. The molecule has 2 aromatic rings. The maximum atomic E-state index is 13.4. The van der Waals surface area contributed by atoms with E-state index in [1.54, 1.807) is 24.3 Å². The van der Waals surface area contributed by atoms with E-state index in [2.05, 4.69) is 32.6 Å². The topological polar surface area (TPSA) is 57.0 Å². The lowest BCUT2D eigenvalue weighted by Crippen LogP contribution is -2.50. The average Bonchev–Trinajstić information content (AvgIpc) is 3.31. The van der Waals surface area contributed by atoms with Gasteiger partial charge in [-0.2, -0.15) is 0 Å². The molecule has 2 amide bonds. The number of carbonyl (C=O) groups excluding carboxylic acids is 2. The van der Waals surface area contributed by atoms with Crippen molar-refractivity contribution >= 4 is 11.8 Å². The minimum atomic E-state index is -0.276. The highest BCUT2D eigenvalue weighted by Crippen LogP contribution is 2.26. The largest absolute Gasteiger partial charge is 0.459 e. The van der Waals surface area contributed by atoms with Crippen molar-refractivity contribution in [1.82, 2.24) is 14.7 Å². The summed E-state index contributed by atoms with van der Waals surface area (Å²) in [4.78, 5) is 31.7. The van der Waals surface area contributed by atoms with E-state index >= 15 is 0 Å². The van der Waals surface area contributed by atoms with E-state index in [9.17, 15) is 14.0 Å². The fourth-order valence-corrected chi connectivity index (χ4v) is 4.64. The molecule has 186 valence electrons. The highest BCUT2D eigenvalue weighted by Gasteiger charge is 2.25. The molecule has 0 spiro atoms. The van der Waals surface area contributed by atoms with E-state index in [0.29, 0.717) is 44.3 Å². The maximum absolute atomic E-state index is 13.4. The van der Waals surface area contributed by atoms with Gasteiger partial charge in [-0.3, -0.25) is 14.5 Å². The van der Waals surface area contributed by atoms with Gasteiger partial charge in [0.25, 0.3) is 5.91 Å². The molecule has 2 heterocycles. The van der Waals surface area contributed by atoms with Crippen molar-refractivity contribution in [1.29, 1.82) is 0 Å². The van der Waals surface area contributed by atoms with Gasteiger partial charge < -0.3 is 14.2 Å². The SMILES string of the molecule is CC(CC(=O)N(CCN1CCN(C(=O)c2ccco2)CC1)Cc1ccc(F)cc1)CC(C)(C)C. The second kappa shape index (κ2) is 11.6. The summed E-state index contributed by atoms with van der Waals surface area (Å²) >= 11 is 0. The molecule has 1 aromatic heterocycles. The van der Waals surface area contributed by atoms with Gasteiger partial charge in [-0.05, 0) is 47.6 Å². The molecule has 1 saturated heterocycles. The highest BCUT2D eigenvalue weighted by molar-refractivity contribution is 5.91. The first-order valence-electron chi connectivity index (χ1n) is 12.2. The van der Waals surface area contributed by atoms with Crippen LogP contribution in [0.5, 0.6) is 0 Å². The van der Waals surface area contributed by atoms with E-state index in [-0.39, 0.29) is 23.0 Å². The molecule has 1 aliphatic heterocycles. The Labute approximate surface area is 202 Å². The summed E-state index contributed by atoms with van der Waals surface area (Å²) in [6.45, 7) is 13.3. The van der Waals surface area contributed by atoms with Crippen LogP contribution in [0.15, 0.2) is 47.1 Å². The molecule has 1 fully saturated rings. The summed E-state index contributed by atoms with van der Waals surface area (Å²) < 4.78 is 18.6. The van der Waals surface area contributed by atoms with Crippen LogP contribution in [-0.4, -0.2) is 65.8 Å². The first-order chi connectivity index (χ1) is 16.1. The number of piperazine rings is 1. The molecular weight excluding hydrogens is 433 g/mol. The molecule has 1 unspecified atom stereocenters. The molecule has 1 aromatic carbocycles. The number of hydrogen-bond donors (Lipinski definition) is 0. The number of furan rings is 1. The lowest BCUT2D eigenvalue weighted by molar-refractivity contribution is -0.133. The smallest absolute Gasteiger partial charge is 0.289 e. The number of amides is 2. The summed E-state index contributed by atoms with van der Waals surface area (Å²) in [5.74, 6) is 0.439. The number of rotatable bonds is 9. The standard InChI is InChI=1S/C27H38FN3O3/c1-21(19-27(2,3)4)18-25(32)31(20-22-7-9-23(28)10-8-22)16-13-29-11-14-30(15-12-29)26(33)24-6-5-17-34-24/h5-10,17,21H,11-16,18-20H2,1-4H3. The van der Waals surface area contributed by atoms with E-state index in [1.165, 1.54) is 18.4 Å². The minimum absolute atomic E-state index is 0.0781. The van der Waals surface area contributed by atoms with Crippen molar-refractivity contribution in [2.24, 2.45) is 11.3 Å². The second-order valence-corrected chi connectivity index (χ2v) is 10.6. The van der Waals surface area contributed by atoms with Crippen molar-refractivity contribution < 1.29 is 18.4 Å². The average molecular weight is 472 g/mol. The lowest BCUT2D eigenvalue weighted by atomic mass is 9.84. The minimum Gasteiger partial charge on any atom is -0.459 e. The highest BCUT2D eigenvalue weighted by atomic mass is 19.1. The Morgan fingerprint density at radius 3 is 2.35 bits per heavy atom. The Bertz CT molecular complexity index is 914. The van der Waals surface area contributed by atoms with Gasteiger partial charge in [0.05, 0.1) is 6.26 Å². The van der Waals surface area contributed by atoms with Crippen LogP contribution < -0.4 is 0 Å². The third kappa shape index (κ3) is 7.97. The predicted molar refractivity (Wildman–Crippen MR) is 131 cm³/mol. The summed E-state index contributed by atoms with van der Waals surface area (Å²) in [5.41, 5.74) is 1.10. The van der Waals surface area contributed by atoms with Gasteiger partial charge >= 0.3 is 0 Å². The van der Waals surface area contributed by atoms with Gasteiger partial charge in [0.2, 0.25) is 5.91 Å². The van der Waals surface area contributed by atoms with Crippen LogP contribution in [0.25, 0.3) is 0 Å². The van der Waals surface area contributed by atoms with Crippen LogP contribution in [0, 0.1) is 17.2 Å². The molecule has 0 N–H and O–H groups in total. The Morgan fingerprint density at radius 2 is 1.76 bits per heavy atom. The first-order valence-corrected chi connectivity index (χ1v) is 12.2. The van der Waals surface area contributed by atoms with Gasteiger partial charge in [0.1, 0.15) is 5.82 Å². The molecule has 0 bridgehead atoms. The maximum Gasteiger partial charge on any atom is 0.289 e.